The van der Waals surface area contributed by atoms with E-state index in [1.54, 1.807) is 6.07 Å². The number of rotatable bonds is 5. The molecular formula is C15H23FN4O3. The van der Waals surface area contributed by atoms with Gasteiger partial charge >= 0.3 is 6.03 Å². The second-order valence-electron chi connectivity index (χ2n) is 5.68. The SMILES string of the molecule is NCc1cc(F)ccc1C1CC(NC(O)CO)CCN1C(N)=O. The Hall–Kier alpha value is -1.74. The molecule has 1 aliphatic heterocycles. The van der Waals surface area contributed by atoms with E-state index >= 15 is 0 Å². The Morgan fingerprint density at radius 1 is 1.52 bits per heavy atom. The summed E-state index contributed by atoms with van der Waals surface area (Å²) >= 11 is 0. The van der Waals surface area contributed by atoms with Crippen LogP contribution < -0.4 is 16.8 Å². The third-order valence-electron chi connectivity index (χ3n) is 4.17. The Morgan fingerprint density at radius 3 is 2.87 bits per heavy atom. The lowest BCUT2D eigenvalue weighted by molar-refractivity contribution is 0.0429. The average Bonchev–Trinajstić information content (AvgIpc) is 2.54. The number of piperidine rings is 1. The Balaban J connectivity index is 2.28. The van der Waals surface area contributed by atoms with Crippen LogP contribution in [0, 0.1) is 5.82 Å². The van der Waals surface area contributed by atoms with Gasteiger partial charge in [-0.05, 0) is 36.1 Å². The molecule has 128 valence electrons. The minimum absolute atomic E-state index is 0.103. The van der Waals surface area contributed by atoms with Gasteiger partial charge in [-0.25, -0.2) is 9.18 Å². The predicted octanol–water partition coefficient (Wildman–Crippen LogP) is -0.231. The number of aliphatic hydroxyl groups excluding tert-OH is 2. The number of hydrogen-bond acceptors (Lipinski definition) is 5. The van der Waals surface area contributed by atoms with E-state index in [1.807, 2.05) is 0 Å². The van der Waals surface area contributed by atoms with Crippen LogP contribution in [0.1, 0.15) is 30.0 Å². The molecule has 2 rings (SSSR count). The maximum absolute atomic E-state index is 13.4. The minimum atomic E-state index is -1.03. The van der Waals surface area contributed by atoms with E-state index in [1.165, 1.54) is 17.0 Å². The quantitative estimate of drug-likeness (QED) is 0.478. The van der Waals surface area contributed by atoms with Crippen molar-refractivity contribution in [2.75, 3.05) is 13.2 Å². The summed E-state index contributed by atoms with van der Waals surface area (Å²) in [7, 11) is 0. The lowest BCUT2D eigenvalue weighted by Crippen LogP contribution is -2.51. The van der Waals surface area contributed by atoms with Gasteiger partial charge in [0.2, 0.25) is 0 Å². The Morgan fingerprint density at radius 2 is 2.26 bits per heavy atom. The molecule has 7 nitrogen and oxygen atoms in total. The molecule has 1 fully saturated rings. The highest BCUT2D eigenvalue weighted by atomic mass is 19.1. The number of benzene rings is 1. The number of nitrogens with two attached hydrogens (primary N) is 2. The van der Waals surface area contributed by atoms with Gasteiger partial charge in [-0.3, -0.25) is 5.32 Å². The van der Waals surface area contributed by atoms with Gasteiger partial charge in [0.25, 0.3) is 0 Å². The molecule has 7 N–H and O–H groups in total. The van der Waals surface area contributed by atoms with Crippen LogP contribution in [0.4, 0.5) is 9.18 Å². The van der Waals surface area contributed by atoms with Gasteiger partial charge in [-0.15, -0.1) is 0 Å². The van der Waals surface area contributed by atoms with E-state index in [9.17, 15) is 14.3 Å². The number of urea groups is 1. The van der Waals surface area contributed by atoms with Crippen molar-refractivity contribution in [2.24, 2.45) is 11.5 Å². The van der Waals surface area contributed by atoms with Gasteiger partial charge < -0.3 is 26.6 Å². The monoisotopic (exact) mass is 326 g/mol. The van der Waals surface area contributed by atoms with E-state index in [0.29, 0.717) is 24.9 Å². The fourth-order valence-corrected chi connectivity index (χ4v) is 3.08. The summed E-state index contributed by atoms with van der Waals surface area (Å²) in [6.07, 6.45) is 0.0526. The fourth-order valence-electron chi connectivity index (χ4n) is 3.08. The van der Waals surface area contributed by atoms with Gasteiger partial charge in [0, 0.05) is 19.1 Å². The normalized spacial score (nSPS) is 22.9. The first-order valence-corrected chi connectivity index (χ1v) is 7.55. The molecule has 0 radical (unpaired) electrons. The first kappa shape index (κ1) is 17.6. The highest BCUT2D eigenvalue weighted by Gasteiger charge is 2.33. The van der Waals surface area contributed by atoms with E-state index < -0.39 is 18.9 Å². The summed E-state index contributed by atoms with van der Waals surface area (Å²) in [4.78, 5) is 13.2. The van der Waals surface area contributed by atoms with Gasteiger partial charge in [0.1, 0.15) is 12.0 Å². The van der Waals surface area contributed by atoms with Gasteiger partial charge in [0.15, 0.2) is 0 Å². The standard InChI is InChI=1S/C15H23FN4O3/c16-10-1-2-12(9(5-10)7-17)13-6-11(19-14(22)8-21)3-4-20(13)15(18)23/h1-2,5,11,13-14,19,21-22H,3-4,6-8,17H2,(H2,18,23). The largest absolute Gasteiger partial charge is 0.392 e. The summed E-state index contributed by atoms with van der Waals surface area (Å²) in [5, 5.41) is 21.4. The van der Waals surface area contributed by atoms with Gasteiger partial charge in [-0.1, -0.05) is 6.07 Å². The molecule has 2 amide bonds. The summed E-state index contributed by atoms with van der Waals surface area (Å²) in [5.74, 6) is -0.388. The number of nitrogens with one attached hydrogen (secondary N) is 1. The molecule has 0 spiro atoms. The molecule has 0 aromatic heterocycles. The molecule has 8 heteroatoms. The molecule has 1 aromatic carbocycles. The number of carbonyl (C=O) groups is 1. The molecule has 23 heavy (non-hydrogen) atoms. The highest BCUT2D eigenvalue weighted by molar-refractivity contribution is 5.73. The Labute approximate surface area is 134 Å². The van der Waals surface area contributed by atoms with Crippen LogP contribution in [0.5, 0.6) is 0 Å². The molecule has 3 atom stereocenters. The van der Waals surface area contributed by atoms with E-state index in [0.717, 1.165) is 5.56 Å². The lowest BCUT2D eigenvalue weighted by atomic mass is 9.89. The van der Waals surface area contributed by atoms with E-state index in [2.05, 4.69) is 5.32 Å². The van der Waals surface area contributed by atoms with E-state index in [4.69, 9.17) is 16.6 Å². The number of hydrogen-bond donors (Lipinski definition) is 5. The zero-order valence-corrected chi connectivity index (χ0v) is 12.8. The molecule has 0 bridgehead atoms. The van der Waals surface area contributed by atoms with Crippen molar-refractivity contribution >= 4 is 6.03 Å². The maximum Gasteiger partial charge on any atom is 0.315 e. The van der Waals surface area contributed by atoms with Gasteiger partial charge in [0.05, 0.1) is 12.6 Å². The molecule has 3 unspecified atom stereocenters. The second kappa shape index (κ2) is 7.69. The third kappa shape index (κ3) is 4.17. The summed E-state index contributed by atoms with van der Waals surface area (Å²) in [5.41, 5.74) is 12.5. The molecule has 1 saturated heterocycles. The van der Waals surface area contributed by atoms with Crippen LogP contribution >= 0.6 is 0 Å². The summed E-state index contributed by atoms with van der Waals surface area (Å²) in [6.45, 7) is 0.149. The number of carbonyl (C=O) groups excluding carboxylic acids is 1. The number of aliphatic hydroxyl groups is 2. The maximum atomic E-state index is 13.4. The molecular weight excluding hydrogens is 303 g/mol. The van der Waals surface area contributed by atoms with Crippen molar-refractivity contribution < 1.29 is 19.4 Å². The van der Waals surface area contributed by atoms with Crippen molar-refractivity contribution in [1.29, 1.82) is 0 Å². The minimum Gasteiger partial charge on any atom is -0.392 e. The van der Waals surface area contributed by atoms with Crippen molar-refractivity contribution in [3.63, 3.8) is 0 Å². The molecule has 1 aliphatic rings. The molecule has 0 aliphatic carbocycles. The first-order valence-electron chi connectivity index (χ1n) is 7.55. The smallest absolute Gasteiger partial charge is 0.315 e. The number of halogens is 1. The van der Waals surface area contributed by atoms with E-state index in [-0.39, 0.29) is 24.4 Å². The number of likely N-dealkylation sites (tertiary alicyclic amines) is 1. The van der Waals surface area contributed by atoms with Gasteiger partial charge in [-0.2, -0.15) is 0 Å². The number of amides is 2. The van der Waals surface area contributed by atoms with Crippen LogP contribution in [0.3, 0.4) is 0 Å². The van der Waals surface area contributed by atoms with Crippen LogP contribution in [0.2, 0.25) is 0 Å². The Kier molecular flexibility index (Phi) is 5.89. The highest BCUT2D eigenvalue weighted by Crippen LogP contribution is 2.33. The van der Waals surface area contributed by atoms with Crippen LogP contribution in [0.25, 0.3) is 0 Å². The molecule has 1 heterocycles. The van der Waals surface area contributed by atoms with Crippen LogP contribution in [-0.4, -0.2) is 46.6 Å². The second-order valence-corrected chi connectivity index (χ2v) is 5.68. The van der Waals surface area contributed by atoms with Crippen molar-refractivity contribution in [3.05, 3.63) is 35.1 Å². The number of nitrogens with zero attached hydrogens (tertiary/aromatic N) is 1. The van der Waals surface area contributed by atoms with Crippen LogP contribution in [0.15, 0.2) is 18.2 Å². The fraction of sp³-hybridized carbons (Fsp3) is 0.533. The predicted molar refractivity (Wildman–Crippen MR) is 82.6 cm³/mol. The Bertz CT molecular complexity index is 558. The van der Waals surface area contributed by atoms with Crippen LogP contribution in [-0.2, 0) is 6.54 Å². The summed E-state index contributed by atoms with van der Waals surface area (Å²) < 4.78 is 13.4. The van der Waals surface area contributed by atoms with Crippen molar-refractivity contribution in [2.45, 2.75) is 37.7 Å². The zero-order valence-electron chi connectivity index (χ0n) is 12.8. The molecule has 0 saturated carbocycles. The molecule has 1 aromatic rings. The third-order valence-corrected chi connectivity index (χ3v) is 4.17. The average molecular weight is 326 g/mol. The zero-order chi connectivity index (χ0) is 17.0. The first-order chi connectivity index (χ1) is 11.0. The topological polar surface area (TPSA) is 125 Å². The lowest BCUT2D eigenvalue weighted by Gasteiger charge is -2.40. The summed E-state index contributed by atoms with van der Waals surface area (Å²) in [6, 6.07) is 3.28. The number of primary amides is 1. The van der Waals surface area contributed by atoms with Crippen molar-refractivity contribution in [3.8, 4) is 0 Å². The van der Waals surface area contributed by atoms with Crippen molar-refractivity contribution in [1.82, 2.24) is 10.2 Å².